The Morgan fingerprint density at radius 1 is 1.32 bits per heavy atom. The van der Waals surface area contributed by atoms with Gasteiger partial charge in [-0.25, -0.2) is 4.98 Å². The van der Waals surface area contributed by atoms with Crippen LogP contribution in [0.25, 0.3) is 0 Å². The number of nitrogens with one attached hydrogen (secondary N) is 3. The molecule has 2 amide bonds. The molecule has 0 radical (unpaired) electrons. The van der Waals surface area contributed by atoms with Crippen LogP contribution in [0.3, 0.4) is 0 Å². The molecule has 1 saturated carbocycles. The molecule has 2 aliphatic rings. The third kappa shape index (κ3) is 3.96. The summed E-state index contributed by atoms with van der Waals surface area (Å²) in [5, 5.41) is 6.24. The van der Waals surface area contributed by atoms with Gasteiger partial charge in [-0.2, -0.15) is 0 Å². The molecule has 4 rings (SSSR count). The first-order chi connectivity index (χ1) is 13.5. The molecule has 0 spiro atoms. The van der Waals surface area contributed by atoms with Crippen molar-refractivity contribution in [3.8, 4) is 0 Å². The van der Waals surface area contributed by atoms with Crippen molar-refractivity contribution in [3.63, 3.8) is 0 Å². The van der Waals surface area contributed by atoms with Crippen LogP contribution < -0.4 is 10.6 Å². The summed E-state index contributed by atoms with van der Waals surface area (Å²) in [6.07, 6.45) is 7.43. The third-order valence-corrected chi connectivity index (χ3v) is 5.88. The highest BCUT2D eigenvalue weighted by atomic mass is 16.2. The van der Waals surface area contributed by atoms with Gasteiger partial charge in [0, 0.05) is 36.2 Å². The molecule has 1 aromatic carbocycles. The lowest BCUT2D eigenvalue weighted by Gasteiger charge is -2.27. The van der Waals surface area contributed by atoms with E-state index in [1.807, 2.05) is 20.0 Å². The number of fused-ring (bicyclic) bond motifs is 1. The third-order valence-electron chi connectivity index (χ3n) is 5.88. The summed E-state index contributed by atoms with van der Waals surface area (Å²) in [4.78, 5) is 31.7. The molecular weight excluding hydrogens is 352 g/mol. The van der Waals surface area contributed by atoms with E-state index in [0.29, 0.717) is 6.54 Å². The van der Waals surface area contributed by atoms with Crippen molar-refractivity contribution in [1.82, 2.24) is 20.6 Å². The Morgan fingerprint density at radius 3 is 2.93 bits per heavy atom. The van der Waals surface area contributed by atoms with Gasteiger partial charge in [-0.3, -0.25) is 9.59 Å². The van der Waals surface area contributed by atoms with Gasteiger partial charge < -0.3 is 15.6 Å². The number of nitrogens with zero attached hydrogens (tertiary/aromatic N) is 1. The summed E-state index contributed by atoms with van der Waals surface area (Å²) in [6, 6.07) is 6.45. The molecule has 1 aromatic heterocycles. The van der Waals surface area contributed by atoms with Gasteiger partial charge >= 0.3 is 0 Å². The summed E-state index contributed by atoms with van der Waals surface area (Å²) in [5.41, 5.74) is 4.67. The Kier molecular flexibility index (Phi) is 5.20. The fourth-order valence-corrected chi connectivity index (χ4v) is 4.10. The number of H-pyrrole nitrogens is 1. The van der Waals surface area contributed by atoms with Crippen LogP contribution in [0.5, 0.6) is 0 Å². The maximum absolute atomic E-state index is 12.7. The van der Waals surface area contributed by atoms with E-state index in [9.17, 15) is 9.59 Å². The van der Waals surface area contributed by atoms with E-state index < -0.39 is 0 Å². The van der Waals surface area contributed by atoms with E-state index in [4.69, 9.17) is 0 Å². The Labute approximate surface area is 165 Å². The summed E-state index contributed by atoms with van der Waals surface area (Å²) in [7, 11) is 0. The molecule has 0 bridgehead atoms. The van der Waals surface area contributed by atoms with E-state index in [-0.39, 0.29) is 35.6 Å². The van der Waals surface area contributed by atoms with E-state index in [1.54, 1.807) is 6.33 Å². The zero-order valence-electron chi connectivity index (χ0n) is 16.5. The first-order valence-corrected chi connectivity index (χ1v) is 10.2. The predicted octanol–water partition coefficient (Wildman–Crippen LogP) is 2.98. The lowest BCUT2D eigenvalue weighted by Crippen LogP contribution is -2.32. The topological polar surface area (TPSA) is 86.9 Å². The molecule has 2 aliphatic carbocycles. The number of imidazole rings is 1. The van der Waals surface area contributed by atoms with Gasteiger partial charge in [-0.05, 0) is 42.4 Å². The number of aromatic nitrogens is 2. The van der Waals surface area contributed by atoms with Crippen molar-refractivity contribution in [2.24, 2.45) is 11.8 Å². The molecule has 2 aromatic rings. The van der Waals surface area contributed by atoms with Crippen molar-refractivity contribution in [2.75, 3.05) is 0 Å². The van der Waals surface area contributed by atoms with E-state index >= 15 is 0 Å². The van der Waals surface area contributed by atoms with Gasteiger partial charge in [0.2, 0.25) is 11.8 Å². The molecule has 6 heteroatoms. The van der Waals surface area contributed by atoms with Crippen LogP contribution in [-0.2, 0) is 22.6 Å². The second-order valence-corrected chi connectivity index (χ2v) is 8.31. The highest BCUT2D eigenvalue weighted by Gasteiger charge is 2.45. The quantitative estimate of drug-likeness (QED) is 0.720. The highest BCUT2D eigenvalue weighted by Crippen LogP contribution is 2.47. The number of hydrogen-bond donors (Lipinski definition) is 3. The zero-order valence-corrected chi connectivity index (χ0v) is 16.5. The lowest BCUT2D eigenvalue weighted by molar-refractivity contribution is -0.124. The van der Waals surface area contributed by atoms with E-state index in [0.717, 1.165) is 36.9 Å². The van der Waals surface area contributed by atoms with Crippen LogP contribution >= 0.6 is 0 Å². The average molecular weight is 380 g/mol. The maximum atomic E-state index is 12.7. The minimum Gasteiger partial charge on any atom is -0.352 e. The van der Waals surface area contributed by atoms with Gasteiger partial charge in [-0.15, -0.1) is 0 Å². The van der Waals surface area contributed by atoms with E-state index in [2.05, 4.69) is 38.8 Å². The number of amides is 2. The molecule has 28 heavy (non-hydrogen) atoms. The van der Waals surface area contributed by atoms with Crippen molar-refractivity contribution in [1.29, 1.82) is 0 Å². The Hall–Kier alpha value is -2.63. The number of carbonyl (C=O) groups excluding carboxylic acids is 2. The summed E-state index contributed by atoms with van der Waals surface area (Å²) >= 11 is 0. The number of aromatic amines is 1. The summed E-state index contributed by atoms with van der Waals surface area (Å²) in [6.45, 7) is 4.34. The van der Waals surface area contributed by atoms with Crippen LogP contribution in [0, 0.1) is 11.8 Å². The molecule has 1 heterocycles. The molecular formula is C22H28N4O2. The fraction of sp³-hybridized carbons (Fsp3) is 0.500. The second-order valence-electron chi connectivity index (χ2n) is 8.31. The zero-order chi connectivity index (χ0) is 19.7. The van der Waals surface area contributed by atoms with E-state index in [1.165, 1.54) is 11.1 Å². The van der Waals surface area contributed by atoms with Crippen LogP contribution in [0.2, 0.25) is 0 Å². The number of benzene rings is 1. The van der Waals surface area contributed by atoms with Crippen LogP contribution in [-0.4, -0.2) is 21.8 Å². The first kappa shape index (κ1) is 18.7. The summed E-state index contributed by atoms with van der Waals surface area (Å²) < 4.78 is 0. The Balaban J connectivity index is 1.38. The molecule has 0 saturated heterocycles. The second kappa shape index (κ2) is 7.78. The molecule has 3 N–H and O–H groups in total. The minimum atomic E-state index is -0.00905. The van der Waals surface area contributed by atoms with Crippen molar-refractivity contribution in [2.45, 2.75) is 58.0 Å². The lowest BCUT2D eigenvalue weighted by atomic mass is 9.86. The first-order valence-electron chi connectivity index (χ1n) is 10.2. The molecule has 1 fully saturated rings. The predicted molar refractivity (Wildman–Crippen MR) is 106 cm³/mol. The maximum Gasteiger partial charge on any atom is 0.224 e. The fourth-order valence-electron chi connectivity index (χ4n) is 4.10. The molecule has 0 aliphatic heterocycles. The summed E-state index contributed by atoms with van der Waals surface area (Å²) in [5.74, 6) is 0.531. The van der Waals surface area contributed by atoms with Crippen LogP contribution in [0.1, 0.15) is 67.5 Å². The number of hydrogen-bond acceptors (Lipinski definition) is 3. The largest absolute Gasteiger partial charge is 0.352 e. The minimum absolute atomic E-state index is 0.00905. The van der Waals surface area contributed by atoms with Crippen LogP contribution in [0.15, 0.2) is 30.7 Å². The van der Waals surface area contributed by atoms with Gasteiger partial charge in [-0.1, -0.05) is 32.0 Å². The number of rotatable bonds is 6. The monoisotopic (exact) mass is 380 g/mol. The number of aryl methyl sites for hydroxylation is 1. The molecule has 3 atom stereocenters. The molecule has 6 nitrogen and oxygen atoms in total. The highest BCUT2D eigenvalue weighted by molar-refractivity contribution is 5.83. The smallest absolute Gasteiger partial charge is 0.224 e. The Morgan fingerprint density at radius 2 is 2.18 bits per heavy atom. The van der Waals surface area contributed by atoms with Crippen molar-refractivity contribution < 1.29 is 9.59 Å². The van der Waals surface area contributed by atoms with Crippen molar-refractivity contribution >= 4 is 11.8 Å². The van der Waals surface area contributed by atoms with Crippen LogP contribution in [0.4, 0.5) is 0 Å². The Bertz CT molecular complexity index is 859. The number of carbonyl (C=O) groups is 2. The molecule has 148 valence electrons. The van der Waals surface area contributed by atoms with Gasteiger partial charge in [0.15, 0.2) is 0 Å². The van der Waals surface area contributed by atoms with Gasteiger partial charge in [0.25, 0.3) is 0 Å². The standard InChI is InChI=1S/C22H28N4O2/c1-13(2)21(27)24-10-14-6-7-16-15(8-14)4-3-5-19(16)26-22(28)18-9-17(18)20-11-23-12-25-20/h6-8,11-13,17-19H,3-5,9-10H2,1-2H3,(H,23,25)(H,24,27)(H,26,28)/t17-,18-,19?/m1/s1. The SMILES string of the molecule is CC(C)C(=O)NCc1ccc2c(c1)CCCC2NC(=O)[C@@H]1C[C@H]1c1cnc[nH]1. The molecule has 1 unspecified atom stereocenters. The average Bonchev–Trinajstić information content (AvgIpc) is 3.31. The van der Waals surface area contributed by atoms with Crippen molar-refractivity contribution in [3.05, 3.63) is 53.1 Å². The normalized spacial score (nSPS) is 23.2. The van der Waals surface area contributed by atoms with Gasteiger partial charge in [0.1, 0.15) is 0 Å². The van der Waals surface area contributed by atoms with Gasteiger partial charge in [0.05, 0.1) is 12.4 Å².